The molecule has 606 valence electrons. The molecule has 4 aromatic carbocycles. The molecule has 6 fully saturated rings. The van der Waals surface area contributed by atoms with Crippen LogP contribution in [0.15, 0.2) is 73.3 Å². The van der Waals surface area contributed by atoms with E-state index in [1.807, 2.05) is 101 Å². The first-order valence-electron chi connectivity index (χ1n) is 40.2. The van der Waals surface area contributed by atoms with Crippen LogP contribution >= 0.6 is 46.4 Å². The molecule has 111 heavy (non-hydrogen) atoms. The monoisotopic (exact) mass is 1600 g/mol. The average molecular weight is 1610 g/mol. The first-order chi connectivity index (χ1) is 52.5. The molecule has 2 aliphatic carbocycles. The molecule has 0 spiro atoms. The van der Waals surface area contributed by atoms with Gasteiger partial charge in [0.05, 0.1) is 77.8 Å². The van der Waals surface area contributed by atoms with Crippen molar-refractivity contribution in [2.24, 2.45) is 56.7 Å². The molecule has 26 heteroatoms. The zero-order valence-corrected chi connectivity index (χ0v) is 70.4. The molecule has 22 nitrogen and oxygen atoms in total. The lowest BCUT2D eigenvalue weighted by molar-refractivity contribution is -0.139. The minimum atomic E-state index is -0.673. The number of aromatic amines is 4. The van der Waals surface area contributed by atoms with E-state index in [2.05, 4.69) is 108 Å². The van der Waals surface area contributed by atoms with Gasteiger partial charge in [-0.05, 0) is 199 Å². The number of likely N-dealkylation sites (N-methyl/N-ethyl adjacent to an activating group) is 1. The largest absolute Gasteiger partial charge is 0.388 e. The van der Waals surface area contributed by atoms with Crippen molar-refractivity contribution in [1.82, 2.24) is 70.2 Å². The van der Waals surface area contributed by atoms with Gasteiger partial charge in [-0.1, -0.05) is 128 Å². The highest BCUT2D eigenvalue weighted by molar-refractivity contribution is 6.32. The van der Waals surface area contributed by atoms with Gasteiger partial charge in [0, 0.05) is 141 Å². The highest BCUT2D eigenvalue weighted by Crippen LogP contribution is 2.53. The van der Waals surface area contributed by atoms with Crippen molar-refractivity contribution in [2.75, 3.05) is 93.6 Å². The zero-order chi connectivity index (χ0) is 80.2. The lowest BCUT2D eigenvalue weighted by Crippen LogP contribution is -2.46. The molecular formula is C85H120Cl4N14O8. The van der Waals surface area contributed by atoms with E-state index in [0.29, 0.717) is 68.5 Å². The summed E-state index contributed by atoms with van der Waals surface area (Å²) in [6, 6.07) is 14.7. The quantitative estimate of drug-likeness (QED) is 0.0374. The number of H-pyrrole nitrogens is 4. The second-order valence-electron chi connectivity index (χ2n) is 35.9. The summed E-state index contributed by atoms with van der Waals surface area (Å²) in [5.41, 5.74) is 5.06. The highest BCUT2D eigenvalue weighted by Gasteiger charge is 2.50. The summed E-state index contributed by atoms with van der Waals surface area (Å²) in [7, 11) is 7.78. The van der Waals surface area contributed by atoms with Gasteiger partial charge >= 0.3 is 0 Å². The first-order valence-corrected chi connectivity index (χ1v) is 41.7. The summed E-state index contributed by atoms with van der Waals surface area (Å²) in [5, 5.41) is 79.5. The van der Waals surface area contributed by atoms with Crippen LogP contribution in [0, 0.1) is 56.7 Å². The molecule has 4 amide bonds. The average Bonchev–Trinajstić information content (AvgIpc) is 1.77. The van der Waals surface area contributed by atoms with Crippen molar-refractivity contribution in [1.29, 1.82) is 0 Å². The van der Waals surface area contributed by atoms with Crippen LogP contribution in [0.1, 0.15) is 212 Å². The Morgan fingerprint density at radius 3 is 1.01 bits per heavy atom. The third-order valence-electron chi connectivity index (χ3n) is 26.4. The molecule has 14 rings (SSSR count). The Kier molecular flexibility index (Phi) is 27.5. The van der Waals surface area contributed by atoms with Gasteiger partial charge in [-0.25, -0.2) is 0 Å². The van der Waals surface area contributed by atoms with E-state index in [9.17, 15) is 39.6 Å². The van der Waals surface area contributed by atoms with E-state index in [-0.39, 0.29) is 44.8 Å². The number of hydrogen-bond donors (Lipinski definition) is 8. The molecule has 8 aromatic rings. The van der Waals surface area contributed by atoms with E-state index in [0.717, 1.165) is 202 Å². The van der Waals surface area contributed by atoms with Crippen molar-refractivity contribution < 1.29 is 39.6 Å². The molecule has 2 saturated carbocycles. The summed E-state index contributed by atoms with van der Waals surface area (Å²) >= 11 is 25.1. The van der Waals surface area contributed by atoms with Crippen LogP contribution in [0.3, 0.4) is 0 Å². The number of fused-ring (bicyclic) bond motifs is 4. The number of aliphatic hydroxyl groups excluding tert-OH is 4. The number of nitrogens with zero attached hydrogens (tertiary/aromatic N) is 10. The van der Waals surface area contributed by atoms with Gasteiger partial charge in [0.1, 0.15) is 0 Å². The van der Waals surface area contributed by atoms with Gasteiger partial charge < -0.3 is 49.8 Å². The van der Waals surface area contributed by atoms with E-state index >= 15 is 0 Å². The summed E-state index contributed by atoms with van der Waals surface area (Å²) < 4.78 is 0. The number of piperidine rings is 4. The van der Waals surface area contributed by atoms with Gasteiger partial charge in [0.2, 0.25) is 23.6 Å². The Balaban J connectivity index is 0.000000147. The van der Waals surface area contributed by atoms with Gasteiger partial charge in [-0.15, -0.1) is 0 Å². The number of amides is 4. The normalized spacial score (nSPS) is 19.4. The van der Waals surface area contributed by atoms with E-state index in [1.165, 1.54) is 19.3 Å². The Labute approximate surface area is 674 Å². The molecule has 4 saturated heterocycles. The van der Waals surface area contributed by atoms with Gasteiger partial charge in [-0.3, -0.25) is 39.6 Å². The van der Waals surface area contributed by atoms with Crippen molar-refractivity contribution >= 4 is 114 Å². The first kappa shape index (κ1) is 85.4. The van der Waals surface area contributed by atoms with Crippen LogP contribution in [-0.2, 0) is 19.2 Å². The van der Waals surface area contributed by atoms with Crippen LogP contribution in [0.5, 0.6) is 0 Å². The van der Waals surface area contributed by atoms with Crippen LogP contribution < -0.4 is 0 Å². The van der Waals surface area contributed by atoms with Crippen LogP contribution in [0.2, 0.25) is 20.1 Å². The molecule has 4 aliphatic heterocycles. The Morgan fingerprint density at radius 1 is 0.432 bits per heavy atom. The minimum absolute atomic E-state index is 0.102. The predicted molar refractivity (Wildman–Crippen MR) is 442 cm³/mol. The number of carbonyl (C=O) groups excluding carboxylic acids is 4. The van der Waals surface area contributed by atoms with E-state index < -0.39 is 24.4 Å². The van der Waals surface area contributed by atoms with Gasteiger partial charge in [-0.2, -0.15) is 20.4 Å². The van der Waals surface area contributed by atoms with Gasteiger partial charge in [0.15, 0.2) is 0 Å². The number of hydrogen-bond acceptors (Lipinski definition) is 14. The highest BCUT2D eigenvalue weighted by atomic mass is 35.5. The molecular weight excluding hydrogens is 1490 g/mol. The number of aliphatic hydroxyl groups is 4. The van der Waals surface area contributed by atoms with Crippen molar-refractivity contribution in [3.05, 3.63) is 116 Å². The summed E-state index contributed by atoms with van der Waals surface area (Å²) in [5.74, 6) is 2.60. The topological polar surface area (TPSA) is 283 Å². The third-order valence-corrected chi connectivity index (χ3v) is 27.2. The third kappa shape index (κ3) is 19.6. The Morgan fingerprint density at radius 2 is 0.721 bits per heavy atom. The maximum atomic E-state index is 12.9. The number of aromatic nitrogens is 8. The summed E-state index contributed by atoms with van der Waals surface area (Å²) in [4.78, 5) is 62.1. The Hall–Kier alpha value is -6.44. The molecule has 6 aliphatic rings. The standard InChI is InChI=1S/C23H32ClN3O2.C21H31ClN4O2.C21H28ClN3O2.C20H29ClN4O2/c1-23(2,21(28)19-13-18(24)12-16-14-25-26-20(16)19)17-8-10-27(11-9-17)22(29)15-6-4-3-5-7-15;1-21(2,15-5-9-26(10-6-15)18(27)7-8-25(3)4)20(28)17-12-16(22)11-14-13-23-24-19(14)17;1-20(2,14-4-8-25(9-5-14)19(27)21(3)6-7-21)18(26)16-11-15(22)10-13-12-23-24-17(13)16;1-20(2,14-5-7-25(8-6-14)17(26)12-24(3)4)19(27)16-10-15(21)9-13-11-22-23-18(13)16/h12-15,17,21,28H,3-11H2,1-2H3,(H,25,26);11-13,15,20,28H,5-10H2,1-4H3,(H,23,24);10-12,14,18,26H,4-9H2,1-3H3,(H,23,24);9-11,14,19,27H,5-8,12H2,1-4H3,(H,22,23). The fraction of sp³-hybridized carbons (Fsp3) is 0.624. The molecule has 8 N–H and O–H groups in total. The smallest absolute Gasteiger partial charge is 0.236 e. The van der Waals surface area contributed by atoms with Crippen molar-refractivity contribution in [3.8, 4) is 0 Å². The molecule has 4 aromatic heterocycles. The van der Waals surface area contributed by atoms with Crippen molar-refractivity contribution in [3.63, 3.8) is 0 Å². The maximum absolute atomic E-state index is 12.9. The van der Waals surface area contributed by atoms with E-state index in [4.69, 9.17) is 46.4 Å². The van der Waals surface area contributed by atoms with Gasteiger partial charge in [0.25, 0.3) is 0 Å². The number of nitrogens with one attached hydrogen (secondary N) is 4. The van der Waals surface area contributed by atoms with E-state index in [1.54, 1.807) is 24.8 Å². The van der Waals surface area contributed by atoms with Crippen molar-refractivity contribution in [2.45, 2.75) is 189 Å². The molecule has 4 unspecified atom stereocenters. The lowest BCUT2D eigenvalue weighted by Gasteiger charge is -2.44. The minimum Gasteiger partial charge on any atom is -0.388 e. The molecule has 0 radical (unpaired) electrons. The Bertz CT molecular complexity index is 4490. The number of likely N-dealkylation sites (tertiary alicyclic amines) is 4. The number of benzene rings is 4. The fourth-order valence-electron chi connectivity index (χ4n) is 18.2. The fourth-order valence-corrected chi connectivity index (χ4v) is 19.1. The SMILES string of the molecule is CC(C)(C1CCN(C(=O)C2CCCCC2)CC1)C(O)c1cc(Cl)cc2cn[nH]c12.CC1(C(=O)N2CCC(C(C)(C)C(O)c3cc(Cl)cc4cn[nH]c34)CC2)CC1.CN(C)CC(=O)N1CCC(C(C)(C)C(O)c2cc(Cl)cc3cn[nH]c23)CC1.CN(C)CCC(=O)N1CCC(C(C)(C)C(O)c2cc(Cl)cc3cn[nH]c23)CC1. The zero-order valence-electron chi connectivity index (χ0n) is 67.4. The predicted octanol–water partition coefficient (Wildman–Crippen LogP) is 16.0. The molecule has 4 atom stereocenters. The molecule has 0 bridgehead atoms. The summed E-state index contributed by atoms with van der Waals surface area (Å²) in [6.45, 7) is 26.3. The second kappa shape index (κ2) is 35.7. The number of rotatable bonds is 19. The number of halogens is 4. The van der Waals surface area contributed by atoms with Crippen LogP contribution in [-0.4, -0.2) is 208 Å². The van der Waals surface area contributed by atoms with Crippen LogP contribution in [0.4, 0.5) is 0 Å². The molecule has 8 heterocycles. The lowest BCUT2D eigenvalue weighted by atomic mass is 9.68. The second-order valence-corrected chi connectivity index (χ2v) is 37.6. The summed E-state index contributed by atoms with van der Waals surface area (Å²) in [6.07, 6.45) is 19.8. The van der Waals surface area contributed by atoms with Crippen LogP contribution in [0.25, 0.3) is 43.6 Å². The number of carbonyl (C=O) groups is 4. The maximum Gasteiger partial charge on any atom is 0.236 e.